The van der Waals surface area contributed by atoms with E-state index < -0.39 is 10.0 Å². The molecular formula is C21H26ClN3O3S. The third-order valence-electron chi connectivity index (χ3n) is 5.16. The lowest BCUT2D eigenvalue weighted by Gasteiger charge is -2.36. The molecule has 0 unspecified atom stereocenters. The predicted molar refractivity (Wildman–Crippen MR) is 116 cm³/mol. The van der Waals surface area contributed by atoms with Crippen molar-refractivity contribution in [2.24, 2.45) is 0 Å². The van der Waals surface area contributed by atoms with Gasteiger partial charge in [0, 0.05) is 55.5 Å². The van der Waals surface area contributed by atoms with E-state index in [1.807, 2.05) is 24.3 Å². The number of hydrogen-bond donors (Lipinski definition) is 0. The highest BCUT2D eigenvalue weighted by atomic mass is 35.5. The maximum Gasteiger partial charge on any atom is 0.254 e. The second-order valence-electron chi connectivity index (χ2n) is 6.88. The van der Waals surface area contributed by atoms with E-state index >= 15 is 0 Å². The van der Waals surface area contributed by atoms with Crippen LogP contribution in [0.5, 0.6) is 0 Å². The minimum absolute atomic E-state index is 0.146. The van der Waals surface area contributed by atoms with Gasteiger partial charge in [-0.3, -0.25) is 4.79 Å². The minimum Gasteiger partial charge on any atom is -0.368 e. The standard InChI is InChI=1S/C21H26ClN3O3S/c1-3-25(4-2)29(27,28)20-10-5-7-17(15-20)21(26)24-13-11-23(12-14-24)19-9-6-8-18(22)16-19/h5-10,15-16H,3-4,11-14H2,1-2H3. The predicted octanol–water partition coefficient (Wildman–Crippen LogP) is 3.33. The Balaban J connectivity index is 1.72. The molecule has 156 valence electrons. The average Bonchev–Trinajstić information content (AvgIpc) is 2.74. The van der Waals surface area contributed by atoms with Crippen molar-refractivity contribution in [2.45, 2.75) is 18.7 Å². The third-order valence-corrected chi connectivity index (χ3v) is 7.45. The zero-order valence-electron chi connectivity index (χ0n) is 16.7. The number of hydrogen-bond acceptors (Lipinski definition) is 4. The minimum atomic E-state index is -3.59. The maximum atomic E-state index is 13.0. The summed E-state index contributed by atoms with van der Waals surface area (Å²) in [6.07, 6.45) is 0. The Morgan fingerprint density at radius 2 is 1.66 bits per heavy atom. The molecule has 8 heteroatoms. The van der Waals surface area contributed by atoms with Gasteiger partial charge in [-0.1, -0.05) is 37.6 Å². The van der Waals surface area contributed by atoms with Crippen LogP contribution >= 0.6 is 11.6 Å². The summed E-state index contributed by atoms with van der Waals surface area (Å²) in [5.74, 6) is -0.146. The highest BCUT2D eigenvalue weighted by Gasteiger charge is 2.25. The monoisotopic (exact) mass is 435 g/mol. The molecule has 1 aliphatic rings. The van der Waals surface area contributed by atoms with E-state index in [4.69, 9.17) is 11.6 Å². The van der Waals surface area contributed by atoms with Crippen molar-refractivity contribution in [3.05, 3.63) is 59.1 Å². The molecule has 0 aromatic heterocycles. The Bertz CT molecular complexity index is 969. The average molecular weight is 436 g/mol. The van der Waals surface area contributed by atoms with Crippen LogP contribution in [0, 0.1) is 0 Å². The maximum absolute atomic E-state index is 13.0. The first-order valence-electron chi connectivity index (χ1n) is 9.76. The van der Waals surface area contributed by atoms with Gasteiger partial charge in [0.1, 0.15) is 0 Å². The summed E-state index contributed by atoms with van der Waals surface area (Å²) in [7, 11) is -3.59. The lowest BCUT2D eigenvalue weighted by molar-refractivity contribution is 0.0746. The summed E-state index contributed by atoms with van der Waals surface area (Å²) in [5, 5.41) is 0.687. The van der Waals surface area contributed by atoms with Crippen LogP contribution in [0.4, 0.5) is 5.69 Å². The molecular weight excluding hydrogens is 410 g/mol. The first kappa shape index (κ1) is 21.6. The number of piperazine rings is 1. The number of carbonyl (C=O) groups is 1. The van der Waals surface area contributed by atoms with Crippen LogP contribution in [0.25, 0.3) is 0 Å². The van der Waals surface area contributed by atoms with Gasteiger partial charge in [0.15, 0.2) is 0 Å². The molecule has 0 radical (unpaired) electrons. The molecule has 1 saturated heterocycles. The van der Waals surface area contributed by atoms with E-state index in [1.165, 1.54) is 10.4 Å². The summed E-state index contributed by atoms with van der Waals surface area (Å²) in [5.41, 5.74) is 1.44. The summed E-state index contributed by atoms with van der Waals surface area (Å²) in [4.78, 5) is 17.1. The Hall–Kier alpha value is -2.09. The number of anilines is 1. The topological polar surface area (TPSA) is 60.9 Å². The molecule has 29 heavy (non-hydrogen) atoms. The number of nitrogens with zero attached hydrogens (tertiary/aromatic N) is 3. The number of rotatable bonds is 6. The zero-order chi connectivity index (χ0) is 21.0. The van der Waals surface area contributed by atoms with Crippen LogP contribution in [0.2, 0.25) is 5.02 Å². The zero-order valence-corrected chi connectivity index (χ0v) is 18.3. The van der Waals surface area contributed by atoms with Gasteiger partial charge in [-0.2, -0.15) is 4.31 Å². The quantitative estimate of drug-likeness (QED) is 0.698. The highest BCUT2D eigenvalue weighted by molar-refractivity contribution is 7.89. The molecule has 0 bridgehead atoms. The van der Waals surface area contributed by atoms with E-state index in [0.29, 0.717) is 49.9 Å². The molecule has 2 aromatic rings. The number of carbonyl (C=O) groups excluding carboxylic acids is 1. The van der Waals surface area contributed by atoms with Gasteiger partial charge < -0.3 is 9.80 Å². The Labute approximate surface area is 177 Å². The van der Waals surface area contributed by atoms with Gasteiger partial charge in [0.2, 0.25) is 10.0 Å². The van der Waals surface area contributed by atoms with E-state index in [9.17, 15) is 13.2 Å². The van der Waals surface area contributed by atoms with Crippen LogP contribution in [0.3, 0.4) is 0 Å². The highest BCUT2D eigenvalue weighted by Crippen LogP contribution is 2.22. The van der Waals surface area contributed by atoms with Crippen molar-refractivity contribution in [2.75, 3.05) is 44.2 Å². The van der Waals surface area contributed by atoms with Gasteiger partial charge in [-0.25, -0.2) is 8.42 Å². The molecule has 2 aromatic carbocycles. The summed E-state index contributed by atoms with van der Waals surface area (Å²) >= 11 is 6.07. The first-order valence-corrected chi connectivity index (χ1v) is 11.6. The van der Waals surface area contributed by atoms with Crippen LogP contribution in [0.1, 0.15) is 24.2 Å². The van der Waals surface area contributed by atoms with Crippen LogP contribution in [-0.2, 0) is 10.0 Å². The van der Waals surface area contributed by atoms with Gasteiger partial charge in [0.25, 0.3) is 5.91 Å². The Morgan fingerprint density at radius 3 is 2.28 bits per heavy atom. The fraction of sp³-hybridized carbons (Fsp3) is 0.381. The fourth-order valence-corrected chi connectivity index (χ4v) is 5.21. The molecule has 0 saturated carbocycles. The van der Waals surface area contributed by atoms with E-state index in [-0.39, 0.29) is 10.8 Å². The van der Waals surface area contributed by atoms with Crippen molar-refractivity contribution in [3.63, 3.8) is 0 Å². The fourth-order valence-electron chi connectivity index (χ4n) is 3.53. The second kappa shape index (κ2) is 9.15. The number of halogens is 1. The van der Waals surface area contributed by atoms with E-state index in [1.54, 1.807) is 36.9 Å². The van der Waals surface area contributed by atoms with Crippen molar-refractivity contribution in [3.8, 4) is 0 Å². The van der Waals surface area contributed by atoms with Gasteiger partial charge in [-0.05, 0) is 36.4 Å². The van der Waals surface area contributed by atoms with Crippen LogP contribution in [-0.4, -0.2) is 62.8 Å². The Kier molecular flexibility index (Phi) is 6.82. The SMILES string of the molecule is CCN(CC)S(=O)(=O)c1cccc(C(=O)N2CCN(c3cccc(Cl)c3)CC2)c1. The molecule has 1 amide bonds. The van der Waals surface area contributed by atoms with Gasteiger partial charge in [0.05, 0.1) is 4.90 Å². The molecule has 0 spiro atoms. The summed E-state index contributed by atoms with van der Waals surface area (Å²) in [6, 6.07) is 14.0. The normalized spacial score (nSPS) is 15.0. The van der Waals surface area contributed by atoms with E-state index in [0.717, 1.165) is 5.69 Å². The van der Waals surface area contributed by atoms with E-state index in [2.05, 4.69) is 4.90 Å². The smallest absolute Gasteiger partial charge is 0.254 e. The lowest BCUT2D eigenvalue weighted by Crippen LogP contribution is -2.48. The molecule has 3 rings (SSSR count). The Morgan fingerprint density at radius 1 is 1.00 bits per heavy atom. The van der Waals surface area contributed by atoms with Crippen LogP contribution in [0.15, 0.2) is 53.4 Å². The van der Waals surface area contributed by atoms with Gasteiger partial charge >= 0.3 is 0 Å². The second-order valence-corrected chi connectivity index (χ2v) is 9.25. The van der Waals surface area contributed by atoms with Crippen molar-refractivity contribution in [1.82, 2.24) is 9.21 Å². The van der Waals surface area contributed by atoms with Gasteiger partial charge in [-0.15, -0.1) is 0 Å². The third kappa shape index (κ3) is 4.74. The number of amides is 1. The molecule has 1 heterocycles. The molecule has 1 fully saturated rings. The van der Waals surface area contributed by atoms with Crippen molar-refractivity contribution < 1.29 is 13.2 Å². The number of benzene rings is 2. The largest absolute Gasteiger partial charge is 0.368 e. The summed E-state index contributed by atoms with van der Waals surface area (Å²) < 4.78 is 26.9. The number of sulfonamides is 1. The lowest BCUT2D eigenvalue weighted by atomic mass is 10.1. The van der Waals surface area contributed by atoms with Crippen LogP contribution < -0.4 is 4.90 Å². The summed E-state index contributed by atoms with van der Waals surface area (Å²) in [6.45, 7) is 6.92. The molecule has 1 aliphatic heterocycles. The molecule has 0 atom stereocenters. The molecule has 0 aliphatic carbocycles. The first-order chi connectivity index (χ1) is 13.9. The van der Waals surface area contributed by atoms with Crippen molar-refractivity contribution >= 4 is 33.2 Å². The van der Waals surface area contributed by atoms with Crippen molar-refractivity contribution in [1.29, 1.82) is 0 Å². The molecule has 6 nitrogen and oxygen atoms in total. The molecule has 0 N–H and O–H groups in total.